The third kappa shape index (κ3) is 2.70. The van der Waals surface area contributed by atoms with E-state index in [1.54, 1.807) is 11.9 Å². The second-order valence-corrected chi connectivity index (χ2v) is 4.24. The van der Waals surface area contributed by atoms with Gasteiger partial charge in [0, 0.05) is 13.6 Å². The number of aliphatic carboxylic acids is 1. The number of carboxylic acids is 1. The molecule has 1 saturated carbocycles. The summed E-state index contributed by atoms with van der Waals surface area (Å²) in [5.74, 6) is -1.58. The van der Waals surface area contributed by atoms with Crippen LogP contribution in [0.15, 0.2) is 0 Å². The molecule has 0 radical (unpaired) electrons. The maximum Gasteiger partial charge on any atom is 0.307 e. The van der Waals surface area contributed by atoms with Gasteiger partial charge in [0.05, 0.1) is 11.8 Å². The summed E-state index contributed by atoms with van der Waals surface area (Å²) in [6.45, 7) is 2.72. The average Bonchev–Trinajstić information content (AvgIpc) is 2.65. The number of nitrogens with zero attached hydrogens (tertiary/aromatic N) is 1. The van der Waals surface area contributed by atoms with Gasteiger partial charge in [0.2, 0.25) is 5.91 Å². The van der Waals surface area contributed by atoms with Crippen molar-refractivity contribution in [2.75, 3.05) is 13.6 Å². The van der Waals surface area contributed by atoms with Crippen molar-refractivity contribution in [2.24, 2.45) is 11.8 Å². The van der Waals surface area contributed by atoms with Gasteiger partial charge >= 0.3 is 5.97 Å². The second-order valence-electron chi connectivity index (χ2n) is 4.24. The van der Waals surface area contributed by atoms with Crippen LogP contribution in [-0.2, 0) is 9.59 Å². The minimum absolute atomic E-state index is 0.00162. The number of amides is 1. The van der Waals surface area contributed by atoms with Gasteiger partial charge in [-0.05, 0) is 19.3 Å². The van der Waals surface area contributed by atoms with Crippen LogP contribution >= 0.6 is 0 Å². The van der Waals surface area contributed by atoms with Gasteiger partial charge in [0.25, 0.3) is 0 Å². The van der Waals surface area contributed by atoms with E-state index in [0.717, 1.165) is 19.3 Å². The Hall–Kier alpha value is -1.06. The topological polar surface area (TPSA) is 57.6 Å². The Morgan fingerprint density at radius 3 is 2.47 bits per heavy atom. The molecule has 86 valence electrons. The van der Waals surface area contributed by atoms with E-state index in [4.69, 9.17) is 5.11 Å². The highest BCUT2D eigenvalue weighted by Gasteiger charge is 2.38. The van der Waals surface area contributed by atoms with Crippen molar-refractivity contribution in [3.05, 3.63) is 0 Å². The molecule has 2 atom stereocenters. The first kappa shape index (κ1) is 12.0. The lowest BCUT2D eigenvalue weighted by atomic mass is 9.95. The largest absolute Gasteiger partial charge is 0.481 e. The van der Waals surface area contributed by atoms with E-state index in [9.17, 15) is 9.59 Å². The zero-order valence-electron chi connectivity index (χ0n) is 9.40. The zero-order valence-corrected chi connectivity index (χ0v) is 9.40. The molecule has 1 aliphatic carbocycles. The van der Waals surface area contributed by atoms with Crippen LogP contribution in [0.3, 0.4) is 0 Å². The molecule has 1 rings (SSSR count). The Morgan fingerprint density at radius 1 is 1.33 bits per heavy atom. The normalized spacial score (nSPS) is 25.2. The van der Waals surface area contributed by atoms with Crippen LogP contribution in [0, 0.1) is 11.8 Å². The third-order valence-corrected chi connectivity index (χ3v) is 3.09. The highest BCUT2D eigenvalue weighted by Crippen LogP contribution is 2.33. The lowest BCUT2D eigenvalue weighted by Gasteiger charge is -2.22. The lowest BCUT2D eigenvalue weighted by Crippen LogP contribution is -2.37. The van der Waals surface area contributed by atoms with Crippen molar-refractivity contribution in [1.82, 2.24) is 4.90 Å². The molecule has 1 amide bonds. The van der Waals surface area contributed by atoms with E-state index in [0.29, 0.717) is 13.0 Å². The molecule has 0 heterocycles. The van der Waals surface area contributed by atoms with Gasteiger partial charge < -0.3 is 10.0 Å². The summed E-state index contributed by atoms with van der Waals surface area (Å²) in [4.78, 5) is 24.5. The van der Waals surface area contributed by atoms with Gasteiger partial charge in [-0.3, -0.25) is 9.59 Å². The number of carbonyl (C=O) groups is 2. The molecule has 1 fully saturated rings. The maximum atomic E-state index is 11.9. The van der Waals surface area contributed by atoms with E-state index in [1.165, 1.54) is 0 Å². The minimum Gasteiger partial charge on any atom is -0.481 e. The maximum absolute atomic E-state index is 11.9. The van der Waals surface area contributed by atoms with Crippen LogP contribution in [0.25, 0.3) is 0 Å². The highest BCUT2D eigenvalue weighted by atomic mass is 16.4. The molecule has 0 aromatic heterocycles. The fraction of sp³-hybridized carbons (Fsp3) is 0.818. The van der Waals surface area contributed by atoms with Crippen molar-refractivity contribution in [1.29, 1.82) is 0 Å². The first-order valence-corrected chi connectivity index (χ1v) is 5.55. The number of hydrogen-bond donors (Lipinski definition) is 1. The van der Waals surface area contributed by atoms with E-state index in [2.05, 4.69) is 0 Å². The van der Waals surface area contributed by atoms with Gasteiger partial charge in [0.1, 0.15) is 0 Å². The van der Waals surface area contributed by atoms with Crippen LogP contribution < -0.4 is 0 Å². The van der Waals surface area contributed by atoms with E-state index in [-0.39, 0.29) is 11.8 Å². The van der Waals surface area contributed by atoms with Crippen molar-refractivity contribution < 1.29 is 14.7 Å². The molecule has 0 saturated heterocycles. The van der Waals surface area contributed by atoms with Crippen LogP contribution in [-0.4, -0.2) is 35.5 Å². The van der Waals surface area contributed by atoms with Crippen LogP contribution in [0.5, 0.6) is 0 Å². The molecule has 1 N–H and O–H groups in total. The molecule has 0 bridgehead atoms. The number of carbonyl (C=O) groups excluding carboxylic acids is 1. The zero-order chi connectivity index (χ0) is 11.4. The van der Waals surface area contributed by atoms with E-state index in [1.807, 2.05) is 6.92 Å². The summed E-state index contributed by atoms with van der Waals surface area (Å²) in [7, 11) is 1.75. The Morgan fingerprint density at radius 2 is 1.93 bits per heavy atom. The van der Waals surface area contributed by atoms with Crippen LogP contribution in [0.1, 0.15) is 32.6 Å². The number of carboxylic acid groups (broad SMARTS) is 1. The predicted molar refractivity (Wildman–Crippen MR) is 56.4 cm³/mol. The molecule has 1 aliphatic rings. The fourth-order valence-electron chi connectivity index (χ4n) is 2.28. The summed E-state index contributed by atoms with van der Waals surface area (Å²) in [5.41, 5.74) is 0. The number of rotatable bonds is 4. The molecule has 2 unspecified atom stereocenters. The third-order valence-electron chi connectivity index (χ3n) is 3.09. The molecule has 0 spiro atoms. The van der Waals surface area contributed by atoms with E-state index < -0.39 is 11.9 Å². The van der Waals surface area contributed by atoms with Gasteiger partial charge in [-0.25, -0.2) is 0 Å². The average molecular weight is 213 g/mol. The summed E-state index contributed by atoms with van der Waals surface area (Å²) in [5, 5.41) is 8.97. The molecule has 4 heteroatoms. The molecule has 0 aromatic carbocycles. The molecular formula is C11H19NO3. The smallest absolute Gasteiger partial charge is 0.307 e. The van der Waals surface area contributed by atoms with Gasteiger partial charge in [0.15, 0.2) is 0 Å². The predicted octanol–water partition coefficient (Wildman–Crippen LogP) is 1.36. The molecule has 0 aromatic rings. The lowest BCUT2D eigenvalue weighted by molar-refractivity contribution is -0.148. The Balaban J connectivity index is 2.62. The Labute approximate surface area is 90.3 Å². The summed E-state index contributed by atoms with van der Waals surface area (Å²) in [6, 6.07) is 0. The molecule has 0 aliphatic heterocycles. The minimum atomic E-state index is -0.823. The Kier molecular flexibility index (Phi) is 4.12. The van der Waals surface area contributed by atoms with Gasteiger partial charge in [-0.15, -0.1) is 0 Å². The van der Waals surface area contributed by atoms with Crippen molar-refractivity contribution in [3.63, 3.8) is 0 Å². The van der Waals surface area contributed by atoms with E-state index >= 15 is 0 Å². The monoisotopic (exact) mass is 213 g/mol. The van der Waals surface area contributed by atoms with Crippen LogP contribution in [0.2, 0.25) is 0 Å². The summed E-state index contributed by atoms with van der Waals surface area (Å²) < 4.78 is 0. The Bertz CT molecular complexity index is 252. The highest BCUT2D eigenvalue weighted by molar-refractivity contribution is 5.85. The standard InChI is InChI=1S/C11H19NO3/c1-3-7-12(2)10(13)8-5-4-6-9(8)11(14)15/h8-9H,3-7H2,1-2H3,(H,14,15). The summed E-state index contributed by atoms with van der Waals surface area (Å²) in [6.07, 6.45) is 3.13. The molecular weight excluding hydrogens is 194 g/mol. The second kappa shape index (κ2) is 5.14. The first-order valence-electron chi connectivity index (χ1n) is 5.55. The van der Waals surface area contributed by atoms with Crippen molar-refractivity contribution in [2.45, 2.75) is 32.6 Å². The summed E-state index contributed by atoms with van der Waals surface area (Å²) >= 11 is 0. The molecule has 15 heavy (non-hydrogen) atoms. The SMILES string of the molecule is CCCN(C)C(=O)C1CCCC1C(=O)O. The number of hydrogen-bond acceptors (Lipinski definition) is 2. The van der Waals surface area contributed by atoms with Crippen LogP contribution in [0.4, 0.5) is 0 Å². The van der Waals surface area contributed by atoms with Gasteiger partial charge in [-0.2, -0.15) is 0 Å². The van der Waals surface area contributed by atoms with Crippen molar-refractivity contribution in [3.8, 4) is 0 Å². The van der Waals surface area contributed by atoms with Crippen molar-refractivity contribution >= 4 is 11.9 Å². The first-order chi connectivity index (χ1) is 7.07. The quantitative estimate of drug-likeness (QED) is 0.767. The van der Waals surface area contributed by atoms with Gasteiger partial charge in [-0.1, -0.05) is 13.3 Å². The molecule has 4 nitrogen and oxygen atoms in total. The fourth-order valence-corrected chi connectivity index (χ4v) is 2.28.